The molecule has 2 aliphatic rings. The van der Waals surface area contributed by atoms with Gasteiger partial charge in [0, 0.05) is 29.4 Å². The Morgan fingerprint density at radius 3 is 2.88 bits per heavy atom. The molecule has 2 N–H and O–H groups in total. The molecule has 172 valence electrons. The molecule has 33 heavy (non-hydrogen) atoms. The smallest absolute Gasteiger partial charge is 0.254 e. The lowest BCUT2D eigenvalue weighted by Crippen LogP contribution is -2.45. The molecule has 0 spiro atoms. The van der Waals surface area contributed by atoms with Gasteiger partial charge in [-0.2, -0.15) is 0 Å². The molecule has 1 unspecified atom stereocenters. The molecule has 0 bridgehead atoms. The van der Waals surface area contributed by atoms with Crippen molar-refractivity contribution in [1.29, 1.82) is 0 Å². The maximum absolute atomic E-state index is 13.2. The molecule has 2 aromatic carbocycles. The van der Waals surface area contributed by atoms with Crippen molar-refractivity contribution in [2.75, 3.05) is 31.1 Å². The van der Waals surface area contributed by atoms with Gasteiger partial charge in [0.15, 0.2) is 0 Å². The number of piperidine rings is 1. The van der Waals surface area contributed by atoms with Crippen molar-refractivity contribution in [3.8, 4) is 5.75 Å². The van der Waals surface area contributed by atoms with Gasteiger partial charge in [0.2, 0.25) is 0 Å². The van der Waals surface area contributed by atoms with E-state index in [0.717, 1.165) is 55.0 Å². The zero-order chi connectivity index (χ0) is 23.1. The molecule has 1 saturated heterocycles. The fourth-order valence-corrected chi connectivity index (χ4v) is 6.41. The Hall–Kier alpha value is -2.83. The Balaban J connectivity index is 1.50. The normalized spacial score (nSPS) is 18.2. The first kappa shape index (κ1) is 22.0. The SMILES string of the molecule is C=C(c1sc2ccccc2c1CC)N1CCOc2cc(C(=O)N3CCCC(N)C3)cc(C)c21. The molecular weight excluding hydrogens is 430 g/mol. The first-order valence-corrected chi connectivity index (χ1v) is 12.6. The summed E-state index contributed by atoms with van der Waals surface area (Å²) >= 11 is 1.80. The molecule has 0 aliphatic carbocycles. The van der Waals surface area contributed by atoms with Gasteiger partial charge >= 0.3 is 0 Å². The standard InChI is InChI=1S/C27H31N3O2S/c1-4-21-22-9-5-6-10-24(22)33-26(21)18(3)30-12-13-32-23-15-19(14-17(2)25(23)30)27(31)29-11-7-8-20(28)16-29/h5-6,9-10,14-15,20H,3-4,7-8,11-13,16,28H2,1-2H3. The first-order chi connectivity index (χ1) is 16.0. The van der Waals surface area contributed by atoms with Crippen LogP contribution in [0.5, 0.6) is 5.75 Å². The van der Waals surface area contributed by atoms with Crippen molar-refractivity contribution in [1.82, 2.24) is 4.90 Å². The van der Waals surface area contributed by atoms with Crippen LogP contribution in [0.2, 0.25) is 0 Å². The van der Waals surface area contributed by atoms with E-state index in [1.54, 1.807) is 11.3 Å². The monoisotopic (exact) mass is 461 g/mol. The summed E-state index contributed by atoms with van der Waals surface area (Å²) in [6.07, 6.45) is 2.89. The lowest BCUT2D eigenvalue weighted by Gasteiger charge is -2.35. The number of rotatable bonds is 4. The molecule has 3 heterocycles. The third-order valence-electron chi connectivity index (χ3n) is 6.74. The highest BCUT2D eigenvalue weighted by Crippen LogP contribution is 2.43. The van der Waals surface area contributed by atoms with Gasteiger partial charge in [0.05, 0.1) is 22.8 Å². The van der Waals surface area contributed by atoms with Crippen molar-refractivity contribution in [2.45, 2.75) is 39.2 Å². The van der Waals surface area contributed by atoms with E-state index in [-0.39, 0.29) is 11.9 Å². The molecule has 5 nitrogen and oxygen atoms in total. The summed E-state index contributed by atoms with van der Waals surface area (Å²) in [5.41, 5.74) is 11.2. The molecule has 0 radical (unpaired) electrons. The number of carbonyl (C=O) groups excluding carboxylic acids is 1. The fraction of sp³-hybridized carbons (Fsp3) is 0.370. The fourth-order valence-electron chi connectivity index (χ4n) is 5.14. The van der Waals surface area contributed by atoms with E-state index in [4.69, 9.17) is 10.5 Å². The van der Waals surface area contributed by atoms with Crippen molar-refractivity contribution in [3.63, 3.8) is 0 Å². The third-order valence-corrected chi connectivity index (χ3v) is 8.00. The highest BCUT2D eigenvalue weighted by Gasteiger charge is 2.29. The average Bonchev–Trinajstić information content (AvgIpc) is 3.21. The van der Waals surface area contributed by atoms with E-state index < -0.39 is 0 Å². The van der Waals surface area contributed by atoms with Gasteiger partial charge in [-0.15, -0.1) is 11.3 Å². The number of anilines is 1. The number of carbonyl (C=O) groups is 1. The topological polar surface area (TPSA) is 58.8 Å². The number of amides is 1. The van der Waals surface area contributed by atoms with Crippen LogP contribution in [-0.4, -0.2) is 43.1 Å². The van der Waals surface area contributed by atoms with Crippen LogP contribution in [-0.2, 0) is 6.42 Å². The van der Waals surface area contributed by atoms with E-state index in [1.165, 1.54) is 20.5 Å². The van der Waals surface area contributed by atoms with Crippen LogP contribution < -0.4 is 15.4 Å². The van der Waals surface area contributed by atoms with Gasteiger partial charge in [0.1, 0.15) is 12.4 Å². The van der Waals surface area contributed by atoms with E-state index in [9.17, 15) is 4.79 Å². The Morgan fingerprint density at radius 1 is 1.27 bits per heavy atom. The quantitative estimate of drug-likeness (QED) is 0.580. The van der Waals surface area contributed by atoms with Crippen LogP contribution in [0.15, 0.2) is 43.0 Å². The largest absolute Gasteiger partial charge is 0.490 e. The summed E-state index contributed by atoms with van der Waals surface area (Å²) in [6, 6.07) is 12.5. The second-order valence-electron chi connectivity index (χ2n) is 9.00. The van der Waals surface area contributed by atoms with Crippen LogP contribution in [0.25, 0.3) is 15.8 Å². The number of likely N-dealkylation sites (tertiary alicyclic amines) is 1. The average molecular weight is 462 g/mol. The van der Waals surface area contributed by atoms with Gasteiger partial charge in [-0.25, -0.2) is 0 Å². The molecule has 0 saturated carbocycles. The van der Waals surface area contributed by atoms with Crippen molar-refractivity contribution in [3.05, 3.63) is 64.5 Å². The highest BCUT2D eigenvalue weighted by molar-refractivity contribution is 7.20. The minimum Gasteiger partial charge on any atom is -0.490 e. The minimum absolute atomic E-state index is 0.0355. The van der Waals surface area contributed by atoms with E-state index in [0.29, 0.717) is 18.7 Å². The summed E-state index contributed by atoms with van der Waals surface area (Å²) in [7, 11) is 0. The maximum atomic E-state index is 13.2. The summed E-state index contributed by atoms with van der Waals surface area (Å²) < 4.78 is 7.35. The van der Waals surface area contributed by atoms with Crippen LogP contribution in [0.4, 0.5) is 5.69 Å². The number of thiophene rings is 1. The number of hydrogen-bond acceptors (Lipinski definition) is 5. The molecule has 6 heteroatoms. The number of fused-ring (bicyclic) bond motifs is 2. The number of aryl methyl sites for hydroxylation is 2. The molecule has 1 aromatic heterocycles. The predicted octanol–water partition coefficient (Wildman–Crippen LogP) is 5.21. The summed E-state index contributed by atoms with van der Waals surface area (Å²) in [6.45, 7) is 11.5. The minimum atomic E-state index is 0.0355. The van der Waals surface area contributed by atoms with Gasteiger partial charge in [0.25, 0.3) is 5.91 Å². The van der Waals surface area contributed by atoms with Gasteiger partial charge in [-0.1, -0.05) is 31.7 Å². The maximum Gasteiger partial charge on any atom is 0.254 e. The summed E-state index contributed by atoms with van der Waals surface area (Å²) in [5, 5.41) is 1.31. The molecule has 5 rings (SSSR count). The highest BCUT2D eigenvalue weighted by atomic mass is 32.1. The van der Waals surface area contributed by atoms with Gasteiger partial charge < -0.3 is 20.3 Å². The number of nitrogens with two attached hydrogens (primary N) is 1. The van der Waals surface area contributed by atoms with Crippen LogP contribution >= 0.6 is 11.3 Å². The molecule has 3 aromatic rings. The van der Waals surface area contributed by atoms with Crippen LogP contribution in [0, 0.1) is 6.92 Å². The van der Waals surface area contributed by atoms with Gasteiger partial charge in [-0.3, -0.25) is 4.79 Å². The molecule has 1 fully saturated rings. The zero-order valence-corrected chi connectivity index (χ0v) is 20.2. The van der Waals surface area contributed by atoms with E-state index >= 15 is 0 Å². The molecule has 2 aliphatic heterocycles. The Morgan fingerprint density at radius 2 is 2.09 bits per heavy atom. The lowest BCUT2D eigenvalue weighted by atomic mass is 10.0. The Labute approximate surface area is 199 Å². The molecule has 1 amide bonds. The van der Waals surface area contributed by atoms with E-state index in [1.807, 2.05) is 17.0 Å². The first-order valence-electron chi connectivity index (χ1n) is 11.8. The number of benzene rings is 2. The Kier molecular flexibility index (Phi) is 5.89. The second kappa shape index (κ2) is 8.84. The summed E-state index contributed by atoms with van der Waals surface area (Å²) in [5.74, 6) is 0.791. The summed E-state index contributed by atoms with van der Waals surface area (Å²) in [4.78, 5) is 18.6. The zero-order valence-electron chi connectivity index (χ0n) is 19.4. The predicted molar refractivity (Wildman–Crippen MR) is 137 cm³/mol. The number of nitrogens with zero attached hydrogens (tertiary/aromatic N) is 2. The van der Waals surface area contributed by atoms with Crippen molar-refractivity contribution < 1.29 is 9.53 Å². The molecular formula is C27H31N3O2S. The van der Waals surface area contributed by atoms with Gasteiger partial charge in [-0.05, 0) is 60.9 Å². The van der Waals surface area contributed by atoms with Crippen LogP contribution in [0.1, 0.15) is 46.1 Å². The Bertz CT molecular complexity index is 1230. The van der Waals surface area contributed by atoms with Crippen molar-refractivity contribution >= 4 is 38.7 Å². The lowest BCUT2D eigenvalue weighted by molar-refractivity contribution is 0.0708. The second-order valence-corrected chi connectivity index (χ2v) is 10.1. The number of ether oxygens (including phenoxy) is 1. The van der Waals surface area contributed by atoms with E-state index in [2.05, 4.69) is 49.6 Å². The van der Waals surface area contributed by atoms with Crippen LogP contribution in [0.3, 0.4) is 0 Å². The molecule has 1 atom stereocenters. The number of hydrogen-bond donors (Lipinski definition) is 1. The third kappa shape index (κ3) is 3.91. The van der Waals surface area contributed by atoms with Crippen molar-refractivity contribution in [2.24, 2.45) is 5.73 Å².